The summed E-state index contributed by atoms with van der Waals surface area (Å²) in [5.74, 6) is 0. The highest BCUT2D eigenvalue weighted by atomic mass is 16.3. The molecule has 0 aromatic heterocycles. The van der Waals surface area contributed by atoms with Crippen LogP contribution in [0.25, 0.3) is 0 Å². The highest BCUT2D eigenvalue weighted by Crippen LogP contribution is 2.32. The number of anilines is 1. The molecule has 0 amide bonds. The topological polar surface area (TPSA) is 35.5 Å². The molecular weight excluding hydrogens is 248 g/mol. The van der Waals surface area contributed by atoms with Crippen molar-refractivity contribution in [1.29, 1.82) is 0 Å². The van der Waals surface area contributed by atoms with E-state index in [9.17, 15) is 5.11 Å². The van der Waals surface area contributed by atoms with Gasteiger partial charge in [0.2, 0.25) is 0 Å². The summed E-state index contributed by atoms with van der Waals surface area (Å²) in [6.07, 6.45) is 6.50. The van der Waals surface area contributed by atoms with Gasteiger partial charge in [0.05, 0.1) is 5.60 Å². The highest BCUT2D eigenvalue weighted by Gasteiger charge is 2.31. The first-order valence-corrected chi connectivity index (χ1v) is 8.01. The van der Waals surface area contributed by atoms with Crippen LogP contribution in [0, 0.1) is 0 Å². The van der Waals surface area contributed by atoms with Crippen LogP contribution in [-0.4, -0.2) is 36.4 Å². The zero-order chi connectivity index (χ0) is 13.8. The molecule has 0 radical (unpaired) electrons. The second-order valence-corrected chi connectivity index (χ2v) is 6.40. The molecule has 1 atom stereocenters. The van der Waals surface area contributed by atoms with Gasteiger partial charge in [-0.25, -0.2) is 0 Å². The van der Waals surface area contributed by atoms with E-state index < -0.39 is 0 Å². The van der Waals surface area contributed by atoms with E-state index in [4.69, 9.17) is 0 Å². The molecule has 1 saturated carbocycles. The average molecular weight is 274 g/mol. The van der Waals surface area contributed by atoms with Crippen LogP contribution in [0.2, 0.25) is 0 Å². The van der Waals surface area contributed by atoms with Crippen molar-refractivity contribution in [2.24, 2.45) is 0 Å². The molecule has 20 heavy (non-hydrogen) atoms. The van der Waals surface area contributed by atoms with Crippen LogP contribution in [0.1, 0.15) is 38.5 Å². The molecule has 1 heterocycles. The molecule has 3 nitrogen and oxygen atoms in total. The van der Waals surface area contributed by atoms with E-state index in [1.165, 1.54) is 24.9 Å². The quantitative estimate of drug-likeness (QED) is 0.866. The third kappa shape index (κ3) is 3.33. The summed E-state index contributed by atoms with van der Waals surface area (Å²) in [4.78, 5) is 2.45. The molecule has 1 aliphatic carbocycles. The lowest BCUT2D eigenvalue weighted by Crippen LogP contribution is -2.37. The number of hydrogen-bond donors (Lipinski definition) is 2. The fourth-order valence-electron chi connectivity index (χ4n) is 3.59. The first kappa shape index (κ1) is 13.9. The number of para-hydroxylation sites is 1. The maximum atomic E-state index is 10.3. The Balaban J connectivity index is 1.42. The predicted octanol–water partition coefficient (Wildman–Crippen LogP) is 2.55. The van der Waals surface area contributed by atoms with Crippen molar-refractivity contribution in [3.8, 4) is 0 Å². The van der Waals surface area contributed by atoms with Crippen LogP contribution in [0.3, 0.4) is 0 Å². The summed E-state index contributed by atoms with van der Waals surface area (Å²) < 4.78 is 0. The van der Waals surface area contributed by atoms with Crippen LogP contribution >= 0.6 is 0 Å². The first-order valence-electron chi connectivity index (χ1n) is 8.01. The number of aliphatic hydroxyl groups is 1. The molecule has 1 unspecified atom stereocenters. The second-order valence-electron chi connectivity index (χ2n) is 6.40. The third-order valence-electron chi connectivity index (χ3n) is 4.87. The maximum absolute atomic E-state index is 10.3. The third-order valence-corrected chi connectivity index (χ3v) is 4.87. The summed E-state index contributed by atoms with van der Waals surface area (Å²) in [5.41, 5.74) is 0.955. The largest absolute Gasteiger partial charge is 0.390 e. The Labute approximate surface area is 122 Å². The highest BCUT2D eigenvalue weighted by molar-refractivity contribution is 5.47. The second kappa shape index (κ2) is 6.15. The van der Waals surface area contributed by atoms with Crippen molar-refractivity contribution in [3.05, 3.63) is 30.3 Å². The van der Waals surface area contributed by atoms with Gasteiger partial charge >= 0.3 is 0 Å². The average Bonchev–Trinajstić information content (AvgIpc) is 3.10. The Morgan fingerprint density at radius 3 is 2.70 bits per heavy atom. The predicted molar refractivity (Wildman–Crippen MR) is 83.1 cm³/mol. The number of benzene rings is 1. The van der Waals surface area contributed by atoms with Crippen LogP contribution in [0.4, 0.5) is 5.69 Å². The lowest BCUT2D eigenvalue weighted by molar-refractivity contribution is 0.0386. The molecule has 0 bridgehead atoms. The number of nitrogens with zero attached hydrogens (tertiary/aromatic N) is 1. The molecule has 0 spiro atoms. The Morgan fingerprint density at radius 2 is 1.95 bits per heavy atom. The van der Waals surface area contributed by atoms with Gasteiger partial charge in [-0.05, 0) is 44.4 Å². The SMILES string of the molecule is OC1(CCNC2CCN(c3ccccc3)C2)CCCC1. The number of nitrogens with one attached hydrogen (secondary N) is 1. The van der Waals surface area contributed by atoms with Crippen molar-refractivity contribution in [2.45, 2.75) is 50.2 Å². The van der Waals surface area contributed by atoms with Gasteiger partial charge < -0.3 is 15.3 Å². The van der Waals surface area contributed by atoms with E-state index in [1.807, 2.05) is 0 Å². The first-order chi connectivity index (χ1) is 9.75. The summed E-state index contributed by atoms with van der Waals surface area (Å²) in [6, 6.07) is 11.2. The molecule has 2 N–H and O–H groups in total. The van der Waals surface area contributed by atoms with Crippen LogP contribution in [0.15, 0.2) is 30.3 Å². The summed E-state index contributed by atoms with van der Waals surface area (Å²) in [6.45, 7) is 3.16. The van der Waals surface area contributed by atoms with E-state index >= 15 is 0 Å². The molecule has 3 rings (SSSR count). The zero-order valence-corrected chi connectivity index (χ0v) is 12.2. The minimum absolute atomic E-state index is 0.370. The van der Waals surface area contributed by atoms with E-state index in [0.29, 0.717) is 6.04 Å². The molecular formula is C17H26N2O. The van der Waals surface area contributed by atoms with Crippen LogP contribution in [-0.2, 0) is 0 Å². The van der Waals surface area contributed by atoms with Gasteiger partial charge in [0.15, 0.2) is 0 Å². The molecule has 1 aromatic carbocycles. The molecule has 1 aromatic rings. The Morgan fingerprint density at radius 1 is 1.20 bits per heavy atom. The fraction of sp³-hybridized carbons (Fsp3) is 0.647. The smallest absolute Gasteiger partial charge is 0.0659 e. The lowest BCUT2D eigenvalue weighted by Gasteiger charge is -2.23. The van der Waals surface area contributed by atoms with Gasteiger partial charge in [-0.1, -0.05) is 31.0 Å². The van der Waals surface area contributed by atoms with E-state index in [1.54, 1.807) is 0 Å². The summed E-state index contributed by atoms with van der Waals surface area (Å²) in [5, 5.41) is 14.0. The fourth-order valence-corrected chi connectivity index (χ4v) is 3.59. The van der Waals surface area contributed by atoms with Crippen molar-refractivity contribution in [3.63, 3.8) is 0 Å². The normalized spacial score (nSPS) is 25.2. The zero-order valence-electron chi connectivity index (χ0n) is 12.2. The molecule has 2 aliphatic rings. The van der Waals surface area contributed by atoms with E-state index in [0.717, 1.165) is 38.9 Å². The molecule has 2 fully saturated rings. The monoisotopic (exact) mass is 274 g/mol. The molecule has 1 aliphatic heterocycles. The van der Waals surface area contributed by atoms with Gasteiger partial charge in [0, 0.05) is 24.8 Å². The van der Waals surface area contributed by atoms with Crippen LogP contribution in [0.5, 0.6) is 0 Å². The van der Waals surface area contributed by atoms with Gasteiger partial charge in [-0.15, -0.1) is 0 Å². The van der Waals surface area contributed by atoms with Crippen molar-refractivity contribution < 1.29 is 5.11 Å². The summed E-state index contributed by atoms with van der Waals surface area (Å²) in [7, 11) is 0. The maximum Gasteiger partial charge on any atom is 0.0659 e. The Bertz CT molecular complexity index is 414. The summed E-state index contributed by atoms with van der Waals surface area (Å²) >= 11 is 0. The van der Waals surface area contributed by atoms with E-state index in [-0.39, 0.29) is 5.60 Å². The van der Waals surface area contributed by atoms with Crippen molar-refractivity contribution in [2.75, 3.05) is 24.5 Å². The number of hydrogen-bond acceptors (Lipinski definition) is 3. The minimum Gasteiger partial charge on any atom is -0.390 e. The van der Waals surface area contributed by atoms with Gasteiger partial charge in [-0.2, -0.15) is 0 Å². The van der Waals surface area contributed by atoms with Crippen LogP contribution < -0.4 is 10.2 Å². The van der Waals surface area contributed by atoms with Crippen molar-refractivity contribution >= 4 is 5.69 Å². The molecule has 110 valence electrons. The van der Waals surface area contributed by atoms with Gasteiger partial charge in [-0.3, -0.25) is 0 Å². The van der Waals surface area contributed by atoms with Gasteiger partial charge in [0.1, 0.15) is 0 Å². The standard InChI is InChI=1S/C17H26N2O/c20-17(9-4-5-10-17)11-12-18-15-8-13-19(14-15)16-6-2-1-3-7-16/h1-3,6-7,15,18,20H,4-5,8-14H2. The van der Waals surface area contributed by atoms with Crippen molar-refractivity contribution in [1.82, 2.24) is 5.32 Å². The molecule has 3 heteroatoms. The van der Waals surface area contributed by atoms with Gasteiger partial charge in [0.25, 0.3) is 0 Å². The Kier molecular flexibility index (Phi) is 4.27. The Hall–Kier alpha value is -1.06. The lowest BCUT2D eigenvalue weighted by atomic mass is 9.98. The van der Waals surface area contributed by atoms with E-state index in [2.05, 4.69) is 40.5 Å². The minimum atomic E-state index is -0.370. The molecule has 1 saturated heterocycles. The number of rotatable bonds is 5.